The van der Waals surface area contributed by atoms with Crippen LogP contribution in [0.15, 0.2) is 18.2 Å². The molecule has 4 nitrogen and oxygen atoms in total. The topological polar surface area (TPSA) is 50.4 Å². The molecule has 1 aliphatic rings. The zero-order valence-corrected chi connectivity index (χ0v) is 17.7. The molecule has 0 fully saturated rings. The highest BCUT2D eigenvalue weighted by atomic mass is 32.1. The Labute approximate surface area is 170 Å². The van der Waals surface area contributed by atoms with Crippen LogP contribution in [-0.4, -0.2) is 18.2 Å². The van der Waals surface area contributed by atoms with Crippen molar-refractivity contribution >= 4 is 45.3 Å². The number of thiophene rings is 1. The number of anilines is 2. The average Bonchev–Trinajstić information content (AvgIpc) is 2.93. The van der Waals surface area contributed by atoms with Crippen LogP contribution in [0.2, 0.25) is 0 Å². The first-order chi connectivity index (χ1) is 13.0. The van der Waals surface area contributed by atoms with Gasteiger partial charge in [0.1, 0.15) is 5.00 Å². The Bertz CT molecular complexity index is 858. The monoisotopic (exact) mass is 402 g/mol. The van der Waals surface area contributed by atoms with Crippen LogP contribution >= 0.6 is 23.6 Å². The van der Waals surface area contributed by atoms with Crippen molar-refractivity contribution in [3.8, 4) is 0 Å². The molecule has 1 aliphatic carbocycles. The van der Waals surface area contributed by atoms with Gasteiger partial charge in [-0.2, -0.15) is 0 Å². The number of nitrogens with one attached hydrogen (secondary N) is 2. The molecule has 0 spiro atoms. The van der Waals surface area contributed by atoms with Crippen LogP contribution in [0.25, 0.3) is 0 Å². The molecule has 1 heterocycles. The summed E-state index contributed by atoms with van der Waals surface area (Å²) in [6.45, 7) is 4.16. The molecule has 2 aromatic rings. The zero-order chi connectivity index (χ0) is 19.4. The Kier molecular flexibility index (Phi) is 6.50. The fourth-order valence-corrected chi connectivity index (χ4v) is 4.98. The van der Waals surface area contributed by atoms with Crippen LogP contribution in [0, 0.1) is 13.8 Å². The number of fused-ring (bicyclic) bond motifs is 1. The lowest BCUT2D eigenvalue weighted by atomic mass is 9.96. The van der Waals surface area contributed by atoms with E-state index in [0.29, 0.717) is 10.7 Å². The van der Waals surface area contributed by atoms with Gasteiger partial charge >= 0.3 is 5.97 Å². The molecule has 0 saturated carbocycles. The summed E-state index contributed by atoms with van der Waals surface area (Å²) in [6, 6.07) is 6.14. The van der Waals surface area contributed by atoms with Crippen LogP contribution in [0.3, 0.4) is 0 Å². The van der Waals surface area contributed by atoms with Gasteiger partial charge in [0.05, 0.1) is 12.7 Å². The summed E-state index contributed by atoms with van der Waals surface area (Å²) in [5.74, 6) is -0.287. The van der Waals surface area contributed by atoms with Gasteiger partial charge in [0.2, 0.25) is 0 Å². The van der Waals surface area contributed by atoms with E-state index in [9.17, 15) is 4.79 Å². The number of thiocarbonyl (C=S) groups is 1. The van der Waals surface area contributed by atoms with Gasteiger partial charge in [-0.25, -0.2) is 4.79 Å². The first-order valence-corrected chi connectivity index (χ1v) is 10.6. The molecule has 0 aliphatic heterocycles. The number of hydrogen-bond acceptors (Lipinski definition) is 4. The number of ether oxygens (including phenoxy) is 1. The first-order valence-electron chi connectivity index (χ1n) is 9.37. The van der Waals surface area contributed by atoms with Gasteiger partial charge in [-0.3, -0.25) is 0 Å². The molecule has 0 amide bonds. The van der Waals surface area contributed by atoms with E-state index >= 15 is 0 Å². The molecule has 27 heavy (non-hydrogen) atoms. The number of rotatable bonds is 3. The average molecular weight is 403 g/mol. The number of esters is 1. The Morgan fingerprint density at radius 1 is 1.07 bits per heavy atom. The van der Waals surface area contributed by atoms with E-state index in [1.165, 1.54) is 42.4 Å². The van der Waals surface area contributed by atoms with Gasteiger partial charge in [-0.1, -0.05) is 18.9 Å². The predicted octanol–water partition coefficient (Wildman–Crippen LogP) is 5.62. The van der Waals surface area contributed by atoms with Gasteiger partial charge in [0.15, 0.2) is 5.11 Å². The molecular formula is C21H26N2O2S2. The molecular weight excluding hydrogens is 376 g/mol. The summed E-state index contributed by atoms with van der Waals surface area (Å²) in [6.07, 6.45) is 6.68. The number of carbonyl (C=O) groups excluding carboxylic acids is 1. The van der Waals surface area contributed by atoms with E-state index in [0.717, 1.165) is 35.5 Å². The van der Waals surface area contributed by atoms with Crippen LogP contribution in [0.5, 0.6) is 0 Å². The minimum atomic E-state index is -0.287. The van der Waals surface area contributed by atoms with E-state index in [4.69, 9.17) is 17.0 Å². The van der Waals surface area contributed by atoms with Gasteiger partial charge in [-0.05, 0) is 80.6 Å². The summed E-state index contributed by atoms with van der Waals surface area (Å²) >= 11 is 7.14. The van der Waals surface area contributed by atoms with Crippen LogP contribution < -0.4 is 10.6 Å². The molecule has 0 bridgehead atoms. The molecule has 0 atom stereocenters. The third-order valence-corrected chi connectivity index (χ3v) is 6.46. The lowest BCUT2D eigenvalue weighted by Crippen LogP contribution is -2.20. The van der Waals surface area contributed by atoms with Crippen LogP contribution in [-0.2, 0) is 17.6 Å². The summed E-state index contributed by atoms with van der Waals surface area (Å²) in [7, 11) is 1.44. The van der Waals surface area contributed by atoms with Crippen molar-refractivity contribution in [3.05, 3.63) is 45.3 Å². The van der Waals surface area contributed by atoms with Gasteiger partial charge in [-0.15, -0.1) is 11.3 Å². The van der Waals surface area contributed by atoms with Crippen LogP contribution in [0.4, 0.5) is 10.7 Å². The Hall–Kier alpha value is -1.92. The third-order valence-electron chi connectivity index (χ3n) is 5.05. The Balaban J connectivity index is 1.84. The van der Waals surface area contributed by atoms with Crippen molar-refractivity contribution in [3.63, 3.8) is 0 Å². The van der Waals surface area contributed by atoms with E-state index in [-0.39, 0.29) is 5.97 Å². The highest BCUT2D eigenvalue weighted by molar-refractivity contribution is 7.80. The second kappa shape index (κ2) is 8.85. The molecule has 6 heteroatoms. The number of carbonyl (C=O) groups is 1. The maximum Gasteiger partial charge on any atom is 0.341 e. The number of methoxy groups -OCH3 is 1. The predicted molar refractivity (Wildman–Crippen MR) is 117 cm³/mol. The second-order valence-corrected chi connectivity index (χ2v) is 8.51. The molecule has 1 aromatic heterocycles. The highest BCUT2D eigenvalue weighted by Crippen LogP contribution is 2.37. The smallest absolute Gasteiger partial charge is 0.341 e. The largest absolute Gasteiger partial charge is 0.465 e. The third kappa shape index (κ3) is 4.68. The van der Waals surface area contributed by atoms with E-state index in [2.05, 4.69) is 36.6 Å². The summed E-state index contributed by atoms with van der Waals surface area (Å²) in [4.78, 5) is 13.8. The number of aryl methyl sites for hydroxylation is 3. The highest BCUT2D eigenvalue weighted by Gasteiger charge is 2.25. The fourth-order valence-electron chi connectivity index (χ4n) is 3.41. The molecule has 0 radical (unpaired) electrons. The summed E-state index contributed by atoms with van der Waals surface area (Å²) < 4.78 is 5.07. The van der Waals surface area contributed by atoms with Crippen molar-refractivity contribution in [1.29, 1.82) is 0 Å². The molecule has 1 aromatic carbocycles. The van der Waals surface area contributed by atoms with E-state index in [1.54, 1.807) is 11.3 Å². The SMILES string of the molecule is COC(=O)c1c(NC(=S)Nc2ccc(C)c(C)c2)sc2c1CCCCCC2. The van der Waals surface area contributed by atoms with Crippen molar-refractivity contribution in [2.45, 2.75) is 52.4 Å². The molecule has 3 rings (SSSR count). The molecule has 144 valence electrons. The minimum Gasteiger partial charge on any atom is -0.465 e. The van der Waals surface area contributed by atoms with E-state index < -0.39 is 0 Å². The second-order valence-electron chi connectivity index (χ2n) is 6.99. The maximum absolute atomic E-state index is 12.5. The zero-order valence-electron chi connectivity index (χ0n) is 16.1. The lowest BCUT2D eigenvalue weighted by Gasteiger charge is -2.13. The quantitative estimate of drug-likeness (QED) is 0.515. The summed E-state index contributed by atoms with van der Waals surface area (Å²) in [5, 5.41) is 7.74. The van der Waals surface area contributed by atoms with Crippen molar-refractivity contribution in [1.82, 2.24) is 0 Å². The van der Waals surface area contributed by atoms with E-state index in [1.807, 2.05) is 6.07 Å². The maximum atomic E-state index is 12.5. The fraction of sp³-hybridized carbons (Fsp3) is 0.429. The Morgan fingerprint density at radius 2 is 1.81 bits per heavy atom. The summed E-state index contributed by atoms with van der Waals surface area (Å²) in [5.41, 5.74) is 5.18. The standard InChI is InChI=1S/C21H26N2O2S2/c1-13-10-11-15(12-14(13)2)22-21(26)23-19-18(20(24)25-3)16-8-6-4-5-7-9-17(16)27-19/h10-12H,4-9H2,1-3H3,(H2,22,23,26). The van der Waals surface area contributed by atoms with Crippen molar-refractivity contribution in [2.75, 3.05) is 17.7 Å². The van der Waals surface area contributed by atoms with Crippen molar-refractivity contribution in [2.24, 2.45) is 0 Å². The normalized spacial score (nSPS) is 13.9. The number of hydrogen-bond donors (Lipinski definition) is 2. The van der Waals surface area contributed by atoms with Gasteiger partial charge in [0, 0.05) is 10.6 Å². The van der Waals surface area contributed by atoms with Crippen molar-refractivity contribution < 1.29 is 9.53 Å². The first kappa shape index (κ1) is 19.8. The molecule has 2 N–H and O–H groups in total. The van der Waals surface area contributed by atoms with Gasteiger partial charge in [0.25, 0.3) is 0 Å². The minimum absolute atomic E-state index is 0.287. The molecule has 0 saturated heterocycles. The number of benzene rings is 1. The molecule has 0 unspecified atom stereocenters. The lowest BCUT2D eigenvalue weighted by molar-refractivity contribution is 0.0601. The Morgan fingerprint density at radius 3 is 2.52 bits per heavy atom. The van der Waals surface area contributed by atoms with Crippen LogP contribution in [0.1, 0.15) is 57.6 Å². The van der Waals surface area contributed by atoms with Gasteiger partial charge < -0.3 is 15.4 Å².